The van der Waals surface area contributed by atoms with Gasteiger partial charge in [-0.3, -0.25) is 0 Å². The molecule has 11 heteroatoms. The van der Waals surface area contributed by atoms with Crippen LogP contribution in [0, 0.1) is 0 Å². The van der Waals surface area contributed by atoms with Crippen molar-refractivity contribution >= 4 is 49.0 Å². The highest BCUT2D eigenvalue weighted by molar-refractivity contribution is 7.89. The molecule has 0 amide bonds. The Kier molecular flexibility index (Phi) is 4.37. The molecule has 130 valence electrons. The zero-order valence-corrected chi connectivity index (χ0v) is 14.9. The molecular weight excluding hydrogens is 364 g/mol. The Bertz CT molecular complexity index is 1080. The molecule has 0 aliphatic heterocycles. The van der Waals surface area contributed by atoms with Crippen molar-refractivity contribution in [3.63, 3.8) is 0 Å². The third-order valence-electron chi connectivity index (χ3n) is 3.34. The third-order valence-corrected chi connectivity index (χ3v) is 4.96. The number of fused-ring (bicyclic) bond motifs is 1. The normalized spacial score (nSPS) is 12.1. The summed E-state index contributed by atoms with van der Waals surface area (Å²) >= 11 is 1.02. The fourth-order valence-corrected chi connectivity index (χ4v) is 3.13. The van der Waals surface area contributed by atoms with Crippen molar-refractivity contribution in [1.29, 1.82) is 0 Å². The number of phenolic OH excluding ortho intramolecular Hbond substituents is 1. The molecule has 2 heterocycles. The number of aromatic nitrogens is 2. The molecule has 2 aromatic heterocycles. The van der Waals surface area contributed by atoms with Gasteiger partial charge in [-0.2, -0.15) is 4.37 Å². The van der Waals surface area contributed by atoms with E-state index in [1.807, 2.05) is 19.0 Å². The molecule has 0 atom stereocenters. The van der Waals surface area contributed by atoms with E-state index in [4.69, 9.17) is 5.14 Å². The highest BCUT2D eigenvalue weighted by Crippen LogP contribution is 2.35. The number of phenols is 1. The quantitative estimate of drug-likeness (QED) is 0.670. The minimum Gasteiger partial charge on any atom is -0.506 e. The lowest BCUT2D eigenvalue weighted by molar-refractivity contribution is 0.476. The summed E-state index contributed by atoms with van der Waals surface area (Å²) < 4.78 is 27.0. The molecule has 0 radical (unpaired) electrons. The van der Waals surface area contributed by atoms with Crippen LogP contribution in [0.25, 0.3) is 11.0 Å². The zero-order chi connectivity index (χ0) is 18.2. The van der Waals surface area contributed by atoms with Gasteiger partial charge in [0.25, 0.3) is 0 Å². The Hall–Kier alpha value is -2.63. The lowest BCUT2D eigenvalue weighted by Gasteiger charge is -2.12. The van der Waals surface area contributed by atoms with E-state index in [1.165, 1.54) is 6.07 Å². The van der Waals surface area contributed by atoms with Gasteiger partial charge in [-0.15, -0.1) is 10.2 Å². The zero-order valence-electron chi connectivity index (χ0n) is 13.3. The van der Waals surface area contributed by atoms with Gasteiger partial charge in [-0.1, -0.05) is 0 Å². The van der Waals surface area contributed by atoms with Crippen LogP contribution in [0.3, 0.4) is 0 Å². The Labute approximate surface area is 147 Å². The highest BCUT2D eigenvalue weighted by Gasteiger charge is 2.14. The third kappa shape index (κ3) is 3.57. The molecule has 0 unspecified atom stereocenters. The summed E-state index contributed by atoms with van der Waals surface area (Å²) in [5.41, 5.74) is 1.45. The SMILES string of the molecule is CN(C)c1ccc(/N=N/c2snc3ncc(S(N)(=O)=O)cc23)c(O)c1. The van der Waals surface area contributed by atoms with E-state index in [1.54, 1.807) is 18.2 Å². The molecule has 0 spiro atoms. The number of rotatable bonds is 4. The van der Waals surface area contributed by atoms with Crippen LogP contribution in [0.15, 0.2) is 45.6 Å². The molecule has 3 N–H and O–H groups in total. The molecule has 0 saturated heterocycles. The van der Waals surface area contributed by atoms with Gasteiger partial charge in [0, 0.05) is 32.0 Å². The lowest BCUT2D eigenvalue weighted by Crippen LogP contribution is -2.12. The van der Waals surface area contributed by atoms with Crippen LogP contribution in [-0.2, 0) is 10.0 Å². The van der Waals surface area contributed by atoms with E-state index < -0.39 is 10.0 Å². The van der Waals surface area contributed by atoms with E-state index in [-0.39, 0.29) is 16.3 Å². The number of hydrogen-bond donors (Lipinski definition) is 2. The standard InChI is InChI=1S/C14H14N6O3S2/c1-20(2)8-3-4-11(12(21)5-8)17-18-14-10-6-9(25(15,22)23)7-16-13(10)19-24-14/h3-7,21H,1-2H3,(H2,15,22,23)/b18-17+. The van der Waals surface area contributed by atoms with Crippen LogP contribution in [-0.4, -0.2) is 37.0 Å². The van der Waals surface area contributed by atoms with Gasteiger partial charge in [0.2, 0.25) is 10.0 Å². The maximum atomic E-state index is 11.5. The summed E-state index contributed by atoms with van der Waals surface area (Å²) in [6, 6.07) is 6.34. The van der Waals surface area contributed by atoms with Crippen LogP contribution in [0.5, 0.6) is 5.75 Å². The van der Waals surface area contributed by atoms with Crippen LogP contribution in [0.4, 0.5) is 16.4 Å². The van der Waals surface area contributed by atoms with Crippen molar-refractivity contribution in [1.82, 2.24) is 9.36 Å². The van der Waals surface area contributed by atoms with Gasteiger partial charge < -0.3 is 10.0 Å². The minimum atomic E-state index is -3.88. The number of benzene rings is 1. The summed E-state index contributed by atoms with van der Waals surface area (Å²) in [7, 11) is -0.165. The van der Waals surface area contributed by atoms with E-state index in [9.17, 15) is 13.5 Å². The van der Waals surface area contributed by atoms with E-state index >= 15 is 0 Å². The first-order valence-electron chi connectivity index (χ1n) is 6.96. The molecule has 0 saturated carbocycles. The average Bonchev–Trinajstić information content (AvgIpc) is 2.95. The largest absolute Gasteiger partial charge is 0.506 e. The fourth-order valence-electron chi connectivity index (χ4n) is 2.01. The summed E-state index contributed by atoms with van der Waals surface area (Å²) in [4.78, 5) is 5.67. The van der Waals surface area contributed by atoms with Gasteiger partial charge in [0.05, 0.1) is 5.39 Å². The van der Waals surface area contributed by atoms with Gasteiger partial charge in [0.15, 0.2) is 10.6 Å². The molecule has 0 aliphatic carbocycles. The Balaban J connectivity index is 1.99. The topological polar surface area (TPSA) is 134 Å². The van der Waals surface area contributed by atoms with Crippen molar-refractivity contribution < 1.29 is 13.5 Å². The van der Waals surface area contributed by atoms with Crippen LogP contribution in [0.2, 0.25) is 0 Å². The molecule has 0 bridgehead atoms. The van der Waals surface area contributed by atoms with Gasteiger partial charge in [-0.25, -0.2) is 18.5 Å². The van der Waals surface area contributed by atoms with Gasteiger partial charge in [-0.05, 0) is 29.7 Å². The number of aromatic hydroxyl groups is 1. The monoisotopic (exact) mass is 378 g/mol. The molecule has 3 aromatic rings. The maximum Gasteiger partial charge on any atom is 0.239 e. The summed E-state index contributed by atoms with van der Waals surface area (Å²) in [6.45, 7) is 0. The van der Waals surface area contributed by atoms with Crippen molar-refractivity contribution in [2.75, 3.05) is 19.0 Å². The number of anilines is 1. The van der Waals surface area contributed by atoms with Crippen molar-refractivity contribution in [3.8, 4) is 5.75 Å². The second kappa shape index (κ2) is 6.35. The Morgan fingerprint density at radius 3 is 2.64 bits per heavy atom. The Morgan fingerprint density at radius 1 is 1.24 bits per heavy atom. The number of nitrogens with two attached hydrogens (primary N) is 1. The first-order valence-corrected chi connectivity index (χ1v) is 9.28. The van der Waals surface area contributed by atoms with Crippen molar-refractivity contribution in [2.24, 2.45) is 15.4 Å². The van der Waals surface area contributed by atoms with E-state index in [0.717, 1.165) is 23.4 Å². The summed E-state index contributed by atoms with van der Waals surface area (Å²) in [5.74, 6) is -0.0212. The van der Waals surface area contributed by atoms with Crippen LogP contribution >= 0.6 is 11.5 Å². The van der Waals surface area contributed by atoms with E-state index in [2.05, 4.69) is 19.6 Å². The molecular formula is C14H14N6O3S2. The van der Waals surface area contributed by atoms with Crippen molar-refractivity contribution in [3.05, 3.63) is 30.5 Å². The molecule has 0 aliphatic rings. The number of hydrogen-bond acceptors (Lipinski definition) is 9. The predicted octanol–water partition coefficient (Wildman–Crippen LogP) is 2.53. The smallest absolute Gasteiger partial charge is 0.239 e. The molecule has 9 nitrogen and oxygen atoms in total. The fraction of sp³-hybridized carbons (Fsp3) is 0.143. The second-order valence-corrected chi connectivity index (χ2v) is 7.66. The van der Waals surface area contributed by atoms with Crippen molar-refractivity contribution in [2.45, 2.75) is 4.90 Å². The number of nitrogens with zero attached hydrogens (tertiary/aromatic N) is 5. The first-order chi connectivity index (χ1) is 11.8. The number of pyridine rings is 1. The average molecular weight is 378 g/mol. The maximum absolute atomic E-state index is 11.5. The molecule has 1 aromatic carbocycles. The van der Waals surface area contributed by atoms with Crippen LogP contribution < -0.4 is 10.0 Å². The molecule has 25 heavy (non-hydrogen) atoms. The first kappa shape index (κ1) is 17.2. The van der Waals surface area contributed by atoms with Crippen LogP contribution in [0.1, 0.15) is 0 Å². The predicted molar refractivity (Wildman–Crippen MR) is 95.4 cm³/mol. The summed E-state index contributed by atoms with van der Waals surface area (Å²) in [5, 5.41) is 24.0. The second-order valence-electron chi connectivity index (χ2n) is 5.34. The number of sulfonamides is 1. The lowest BCUT2D eigenvalue weighted by atomic mass is 10.2. The highest BCUT2D eigenvalue weighted by atomic mass is 32.2. The molecule has 0 fully saturated rings. The van der Waals surface area contributed by atoms with Gasteiger partial charge in [0.1, 0.15) is 16.3 Å². The van der Waals surface area contributed by atoms with E-state index in [0.29, 0.717) is 16.0 Å². The van der Waals surface area contributed by atoms with Gasteiger partial charge >= 0.3 is 0 Å². The Morgan fingerprint density at radius 2 is 2.00 bits per heavy atom. The number of primary sulfonamides is 1. The minimum absolute atomic E-state index is 0.0212. The summed E-state index contributed by atoms with van der Waals surface area (Å²) in [6.07, 6.45) is 1.14. The number of azo groups is 1. The molecule has 3 rings (SSSR count).